The molecule has 0 radical (unpaired) electrons. The smallest absolute Gasteiger partial charge is 0.328 e. The number of hydrogen-bond acceptors (Lipinski definition) is 7. The number of nitrogens with one attached hydrogen (secondary N) is 1. The molecule has 2 rings (SSSR count). The highest BCUT2D eigenvalue weighted by Crippen LogP contribution is 2.21. The molecule has 148 valence electrons. The molecule has 28 heavy (non-hydrogen) atoms. The maximum Gasteiger partial charge on any atom is 0.328 e. The number of aromatic nitrogens is 2. The highest BCUT2D eigenvalue weighted by Gasteiger charge is 2.24. The maximum atomic E-state index is 12.2. The molecule has 10 heteroatoms. The van der Waals surface area contributed by atoms with E-state index in [1.807, 2.05) is 0 Å². The summed E-state index contributed by atoms with van der Waals surface area (Å²) in [5.74, 6) is -1.40. The Kier molecular flexibility index (Phi) is 6.24. The number of ketones is 1. The number of aryl methyl sites for hydroxylation is 1. The normalized spacial score (nSPS) is 11.6. The molecule has 0 bridgehead atoms. The van der Waals surface area contributed by atoms with E-state index in [-0.39, 0.29) is 29.4 Å². The number of Topliss-reactive ketones (excluding diaryl/α,β-unsaturated/α-hetero) is 1. The van der Waals surface area contributed by atoms with Crippen molar-refractivity contribution in [1.29, 1.82) is 0 Å². The van der Waals surface area contributed by atoms with E-state index in [1.54, 1.807) is 24.3 Å². The van der Waals surface area contributed by atoms with Crippen molar-refractivity contribution in [2.45, 2.75) is 40.3 Å². The molecule has 0 saturated carbocycles. The minimum Gasteiger partial charge on any atom is -0.451 e. The Bertz CT molecular complexity index is 932. The minimum absolute atomic E-state index is 0.0930. The third-order valence-electron chi connectivity index (χ3n) is 4.04. The van der Waals surface area contributed by atoms with Crippen molar-refractivity contribution in [2.75, 3.05) is 5.32 Å². The van der Waals surface area contributed by atoms with Gasteiger partial charge in [0.1, 0.15) is 17.9 Å². The molecule has 0 aliphatic heterocycles. The highest BCUT2D eigenvalue weighted by atomic mass is 16.6. The third kappa shape index (κ3) is 4.78. The quantitative estimate of drug-likeness (QED) is 0.332. The molecule has 1 heterocycles. The number of amides is 1. The molecule has 0 fully saturated rings. The fourth-order valence-electron chi connectivity index (χ4n) is 2.55. The van der Waals surface area contributed by atoms with Gasteiger partial charge in [0.05, 0.1) is 4.92 Å². The SMILES string of the molecule is CC(=O)c1ccc(NC(=O)[C@@H](C)OC(=O)Cn2nc(C)c([N+](=O)[O-])c2C)cc1. The van der Waals surface area contributed by atoms with Crippen LogP contribution in [0, 0.1) is 24.0 Å². The van der Waals surface area contributed by atoms with Crippen molar-refractivity contribution in [1.82, 2.24) is 9.78 Å². The van der Waals surface area contributed by atoms with Gasteiger partial charge in [-0.15, -0.1) is 0 Å². The number of ether oxygens (including phenoxy) is 1. The summed E-state index contributed by atoms with van der Waals surface area (Å²) in [5.41, 5.74) is 1.22. The first-order valence-corrected chi connectivity index (χ1v) is 8.40. The molecular weight excluding hydrogens is 368 g/mol. The van der Waals surface area contributed by atoms with Crippen molar-refractivity contribution in [2.24, 2.45) is 0 Å². The zero-order chi connectivity index (χ0) is 21.0. The molecule has 10 nitrogen and oxygen atoms in total. The summed E-state index contributed by atoms with van der Waals surface area (Å²) in [7, 11) is 0. The van der Waals surface area contributed by atoms with Crippen LogP contribution in [0.4, 0.5) is 11.4 Å². The molecule has 1 N–H and O–H groups in total. The van der Waals surface area contributed by atoms with E-state index in [1.165, 1.54) is 32.4 Å². The molecule has 1 aromatic carbocycles. The van der Waals surface area contributed by atoms with Gasteiger partial charge >= 0.3 is 11.7 Å². The Morgan fingerprint density at radius 2 is 1.86 bits per heavy atom. The van der Waals surface area contributed by atoms with Gasteiger partial charge < -0.3 is 10.1 Å². The Hall–Kier alpha value is -3.56. The minimum atomic E-state index is -1.09. The Morgan fingerprint density at radius 3 is 2.36 bits per heavy atom. The third-order valence-corrected chi connectivity index (χ3v) is 4.04. The number of carbonyl (C=O) groups excluding carboxylic acids is 3. The molecule has 1 aromatic heterocycles. The van der Waals surface area contributed by atoms with E-state index in [9.17, 15) is 24.5 Å². The first-order chi connectivity index (χ1) is 13.1. The van der Waals surface area contributed by atoms with E-state index in [0.717, 1.165) is 0 Å². The van der Waals surface area contributed by atoms with Crippen molar-refractivity contribution in [3.05, 3.63) is 51.3 Å². The van der Waals surface area contributed by atoms with E-state index < -0.39 is 22.9 Å². The summed E-state index contributed by atoms with van der Waals surface area (Å²) in [6.45, 7) is 5.44. The van der Waals surface area contributed by atoms with Crippen LogP contribution in [0.3, 0.4) is 0 Å². The first kappa shape index (κ1) is 20.7. The lowest BCUT2D eigenvalue weighted by molar-refractivity contribution is -0.386. The lowest BCUT2D eigenvalue weighted by Crippen LogP contribution is -2.31. The Labute approximate surface area is 160 Å². The van der Waals surface area contributed by atoms with Crippen molar-refractivity contribution >= 4 is 29.0 Å². The van der Waals surface area contributed by atoms with Gasteiger partial charge in [-0.25, -0.2) is 0 Å². The van der Waals surface area contributed by atoms with Crippen LogP contribution in [0.25, 0.3) is 0 Å². The molecule has 0 unspecified atom stereocenters. The van der Waals surface area contributed by atoms with Crippen LogP contribution in [0.5, 0.6) is 0 Å². The van der Waals surface area contributed by atoms with E-state index in [0.29, 0.717) is 11.3 Å². The van der Waals surface area contributed by atoms with Crippen LogP contribution in [-0.2, 0) is 20.9 Å². The highest BCUT2D eigenvalue weighted by molar-refractivity contribution is 5.97. The zero-order valence-electron chi connectivity index (χ0n) is 15.9. The molecule has 0 aliphatic rings. The topological polar surface area (TPSA) is 133 Å². The summed E-state index contributed by atoms with van der Waals surface area (Å²) >= 11 is 0. The molecule has 0 saturated heterocycles. The summed E-state index contributed by atoms with van der Waals surface area (Å²) in [4.78, 5) is 45.9. The second-order valence-electron chi connectivity index (χ2n) is 6.19. The van der Waals surface area contributed by atoms with Gasteiger partial charge in [0.2, 0.25) is 0 Å². The largest absolute Gasteiger partial charge is 0.451 e. The molecule has 1 atom stereocenters. The van der Waals surface area contributed by atoms with Crippen LogP contribution in [0.2, 0.25) is 0 Å². The monoisotopic (exact) mass is 388 g/mol. The van der Waals surface area contributed by atoms with Crippen LogP contribution < -0.4 is 5.32 Å². The summed E-state index contributed by atoms with van der Waals surface area (Å²) < 4.78 is 6.25. The number of benzene rings is 1. The summed E-state index contributed by atoms with van der Waals surface area (Å²) in [6.07, 6.45) is -1.09. The predicted molar refractivity (Wildman–Crippen MR) is 99.0 cm³/mol. The van der Waals surface area contributed by atoms with E-state index in [4.69, 9.17) is 4.74 Å². The van der Waals surface area contributed by atoms with Crippen molar-refractivity contribution < 1.29 is 24.0 Å². The predicted octanol–water partition coefficient (Wildman–Crippen LogP) is 2.18. The second kappa shape index (κ2) is 8.42. The lowest BCUT2D eigenvalue weighted by atomic mass is 10.1. The van der Waals surface area contributed by atoms with E-state index in [2.05, 4.69) is 10.4 Å². The van der Waals surface area contributed by atoms with Gasteiger partial charge in [-0.3, -0.25) is 29.2 Å². The van der Waals surface area contributed by atoms with Crippen LogP contribution >= 0.6 is 0 Å². The number of anilines is 1. The Balaban J connectivity index is 1.96. The molecule has 0 spiro atoms. The van der Waals surface area contributed by atoms with Gasteiger partial charge in [0.15, 0.2) is 11.9 Å². The number of nitrogens with zero attached hydrogens (tertiary/aromatic N) is 3. The standard InChI is InChI=1S/C18H20N4O6/c1-10-17(22(26)27)11(2)21(20-10)9-16(24)28-13(4)18(25)19-15-7-5-14(6-8-15)12(3)23/h5-8,13H,9H2,1-4H3,(H,19,25)/t13-/m1/s1. The van der Waals surface area contributed by atoms with E-state index >= 15 is 0 Å². The number of rotatable bonds is 7. The van der Waals surface area contributed by atoms with Crippen LogP contribution in [-0.4, -0.2) is 38.5 Å². The number of hydrogen-bond donors (Lipinski definition) is 1. The molecule has 1 amide bonds. The summed E-state index contributed by atoms with van der Waals surface area (Å²) in [5, 5.41) is 17.5. The fraction of sp³-hybridized carbons (Fsp3) is 0.333. The number of carbonyl (C=O) groups is 3. The first-order valence-electron chi connectivity index (χ1n) is 8.40. The Morgan fingerprint density at radius 1 is 1.25 bits per heavy atom. The number of nitro groups is 1. The number of esters is 1. The average Bonchev–Trinajstić information content (AvgIpc) is 2.88. The van der Waals surface area contributed by atoms with Gasteiger partial charge in [0.25, 0.3) is 5.91 Å². The summed E-state index contributed by atoms with van der Waals surface area (Å²) in [6, 6.07) is 6.28. The van der Waals surface area contributed by atoms with Gasteiger partial charge in [0, 0.05) is 11.3 Å². The van der Waals surface area contributed by atoms with Gasteiger partial charge in [-0.1, -0.05) is 0 Å². The lowest BCUT2D eigenvalue weighted by Gasteiger charge is -2.14. The van der Waals surface area contributed by atoms with Crippen molar-refractivity contribution in [3.8, 4) is 0 Å². The van der Waals surface area contributed by atoms with Crippen molar-refractivity contribution in [3.63, 3.8) is 0 Å². The van der Waals surface area contributed by atoms with Gasteiger partial charge in [-0.05, 0) is 52.0 Å². The zero-order valence-corrected chi connectivity index (χ0v) is 15.9. The average molecular weight is 388 g/mol. The van der Waals surface area contributed by atoms with Crippen LogP contribution in [0.15, 0.2) is 24.3 Å². The second-order valence-corrected chi connectivity index (χ2v) is 6.19. The van der Waals surface area contributed by atoms with Gasteiger partial charge in [-0.2, -0.15) is 5.10 Å². The molecular formula is C18H20N4O6. The maximum absolute atomic E-state index is 12.2. The fourth-order valence-corrected chi connectivity index (χ4v) is 2.55. The van der Waals surface area contributed by atoms with Crippen LogP contribution in [0.1, 0.15) is 35.6 Å². The molecule has 0 aliphatic carbocycles. The molecule has 2 aromatic rings.